The van der Waals surface area contributed by atoms with E-state index in [9.17, 15) is 19.2 Å². The fourth-order valence-electron chi connectivity index (χ4n) is 2.03. The Morgan fingerprint density at radius 1 is 1.09 bits per heavy atom. The first-order chi connectivity index (χ1) is 10.2. The Balaban J connectivity index is 2.56. The van der Waals surface area contributed by atoms with Gasteiger partial charge in [-0.25, -0.2) is 9.59 Å². The van der Waals surface area contributed by atoms with E-state index in [1.807, 2.05) is 0 Å². The zero-order chi connectivity index (χ0) is 16.8. The van der Waals surface area contributed by atoms with Crippen molar-refractivity contribution in [3.8, 4) is 0 Å². The summed E-state index contributed by atoms with van der Waals surface area (Å²) in [5.74, 6) is -3.30. The van der Waals surface area contributed by atoms with E-state index in [-0.39, 0.29) is 6.61 Å². The van der Waals surface area contributed by atoms with Crippen LogP contribution < -0.4 is 0 Å². The predicted molar refractivity (Wildman–Crippen MR) is 77.0 cm³/mol. The molecule has 1 rings (SSSR count). The summed E-state index contributed by atoms with van der Waals surface area (Å²) >= 11 is 0. The molecule has 1 N–H and O–H groups in total. The minimum atomic E-state index is -1.27. The third-order valence-electron chi connectivity index (χ3n) is 3.39. The van der Waals surface area contributed by atoms with Gasteiger partial charge in [-0.3, -0.25) is 9.59 Å². The number of amides is 1. The van der Waals surface area contributed by atoms with Crippen molar-refractivity contribution >= 4 is 23.6 Å². The van der Waals surface area contributed by atoms with Crippen molar-refractivity contribution in [1.82, 2.24) is 4.90 Å². The number of carboxylic acids is 1. The molecule has 0 radical (unpaired) electrons. The predicted octanol–water partition coefficient (Wildman–Crippen LogP) is 0.778. The molecule has 0 aromatic rings. The minimum Gasteiger partial charge on any atom is -0.478 e. The zero-order valence-corrected chi connectivity index (χ0v) is 12.8. The number of esters is 1. The number of nitrogens with zero attached hydrogens (tertiary/aromatic N) is 1. The van der Waals surface area contributed by atoms with E-state index in [0.29, 0.717) is 19.2 Å². The first-order valence-electron chi connectivity index (χ1n) is 7.15. The van der Waals surface area contributed by atoms with Crippen molar-refractivity contribution < 1.29 is 29.0 Å². The molecule has 122 valence electrons. The monoisotopic (exact) mass is 311 g/mol. The van der Waals surface area contributed by atoms with Gasteiger partial charge in [0.25, 0.3) is 5.91 Å². The molecule has 0 aromatic carbocycles. The highest BCUT2D eigenvalue weighted by atomic mass is 16.5. The molecule has 0 atom stereocenters. The van der Waals surface area contributed by atoms with Crippen LogP contribution in [0.1, 0.15) is 33.1 Å². The van der Waals surface area contributed by atoms with Crippen molar-refractivity contribution in [3.05, 3.63) is 12.2 Å². The lowest BCUT2D eigenvalue weighted by Crippen LogP contribution is -2.46. The maximum Gasteiger partial charge on any atom is 0.331 e. The summed E-state index contributed by atoms with van der Waals surface area (Å²) in [5, 5.41) is 8.40. The molecule has 0 aromatic heterocycles. The lowest BCUT2D eigenvalue weighted by Gasteiger charge is -2.29. The van der Waals surface area contributed by atoms with Crippen LogP contribution in [0.3, 0.4) is 0 Å². The number of ketones is 1. The molecule has 1 fully saturated rings. The lowest BCUT2D eigenvalue weighted by atomic mass is 9.88. The molecule has 1 aliphatic heterocycles. The number of likely N-dealkylation sites (tertiary alicyclic amines) is 1. The first kappa shape index (κ1) is 17.9. The molecular weight excluding hydrogens is 290 g/mol. The van der Waals surface area contributed by atoms with Gasteiger partial charge in [0.05, 0.1) is 5.41 Å². The van der Waals surface area contributed by atoms with E-state index in [1.165, 1.54) is 18.7 Å². The molecule has 0 bridgehead atoms. The average Bonchev–Trinajstić information content (AvgIpc) is 2.50. The summed E-state index contributed by atoms with van der Waals surface area (Å²) in [4.78, 5) is 47.5. The summed E-state index contributed by atoms with van der Waals surface area (Å²) in [7, 11) is 0. The topological polar surface area (TPSA) is 101 Å². The Labute approximate surface area is 128 Å². The van der Waals surface area contributed by atoms with Crippen LogP contribution in [0.15, 0.2) is 12.2 Å². The number of piperidine rings is 1. The largest absolute Gasteiger partial charge is 0.478 e. The first-order valence-corrected chi connectivity index (χ1v) is 7.15. The van der Waals surface area contributed by atoms with Crippen LogP contribution in [-0.4, -0.2) is 53.3 Å². The molecule has 7 nitrogen and oxygen atoms in total. The number of carboxylic acid groups (broad SMARTS) is 1. The molecule has 1 amide bonds. The van der Waals surface area contributed by atoms with Crippen molar-refractivity contribution in [2.24, 2.45) is 5.41 Å². The fourth-order valence-corrected chi connectivity index (χ4v) is 2.03. The number of carbonyl (C=O) groups is 4. The molecule has 1 heterocycles. The Morgan fingerprint density at radius 2 is 1.68 bits per heavy atom. The Hall–Kier alpha value is -2.18. The normalized spacial score (nSPS) is 15.6. The SMILES string of the molecule is CC(C)(COC(=O)/C=C/C(=O)O)C(=O)C(=O)N1CCCCC1. The van der Waals surface area contributed by atoms with Crippen molar-refractivity contribution in [3.63, 3.8) is 0 Å². The fraction of sp³-hybridized carbons (Fsp3) is 0.600. The highest BCUT2D eigenvalue weighted by Gasteiger charge is 2.37. The minimum absolute atomic E-state index is 0.284. The van der Waals surface area contributed by atoms with Gasteiger partial charge in [0.1, 0.15) is 6.61 Å². The quantitative estimate of drug-likeness (QED) is 0.442. The van der Waals surface area contributed by atoms with Crippen LogP contribution in [0.25, 0.3) is 0 Å². The second kappa shape index (κ2) is 7.72. The third kappa shape index (κ3) is 5.31. The molecule has 1 aliphatic rings. The van der Waals surface area contributed by atoms with Gasteiger partial charge in [0, 0.05) is 25.2 Å². The van der Waals surface area contributed by atoms with Crippen molar-refractivity contribution in [1.29, 1.82) is 0 Å². The standard InChI is InChI=1S/C15H21NO6/c1-15(2,10-22-12(19)7-6-11(17)18)13(20)14(21)16-8-4-3-5-9-16/h6-7H,3-5,8-10H2,1-2H3,(H,17,18)/b7-6+. The second-order valence-corrected chi connectivity index (χ2v) is 5.85. The van der Waals surface area contributed by atoms with Crippen molar-refractivity contribution in [2.45, 2.75) is 33.1 Å². The Morgan fingerprint density at radius 3 is 2.23 bits per heavy atom. The summed E-state index contributed by atoms with van der Waals surface area (Å²) < 4.78 is 4.84. The van der Waals surface area contributed by atoms with Gasteiger partial charge in [-0.2, -0.15) is 0 Å². The molecular formula is C15H21NO6. The van der Waals surface area contributed by atoms with Crippen LogP contribution in [0.5, 0.6) is 0 Å². The zero-order valence-electron chi connectivity index (χ0n) is 12.8. The van der Waals surface area contributed by atoms with Gasteiger partial charge in [0.15, 0.2) is 0 Å². The highest BCUT2D eigenvalue weighted by molar-refractivity contribution is 6.38. The summed E-state index contributed by atoms with van der Waals surface area (Å²) in [6.45, 7) is 3.90. The Bertz CT molecular complexity index is 488. The summed E-state index contributed by atoms with van der Waals surface area (Å²) in [6, 6.07) is 0. The van der Waals surface area contributed by atoms with E-state index in [2.05, 4.69) is 0 Å². The van der Waals surface area contributed by atoms with Crippen LogP contribution in [0, 0.1) is 5.41 Å². The molecule has 0 aliphatic carbocycles. The maximum atomic E-state index is 12.2. The van der Waals surface area contributed by atoms with Crippen LogP contribution in [0.2, 0.25) is 0 Å². The second-order valence-electron chi connectivity index (χ2n) is 5.85. The number of carbonyl (C=O) groups excluding carboxylic acids is 3. The molecule has 7 heteroatoms. The molecule has 0 saturated carbocycles. The molecule has 0 unspecified atom stereocenters. The van der Waals surface area contributed by atoms with Gasteiger partial charge in [-0.05, 0) is 33.1 Å². The van der Waals surface area contributed by atoms with Crippen LogP contribution in [-0.2, 0) is 23.9 Å². The van der Waals surface area contributed by atoms with Gasteiger partial charge in [0.2, 0.25) is 5.78 Å². The maximum absolute atomic E-state index is 12.2. The van der Waals surface area contributed by atoms with E-state index < -0.39 is 29.0 Å². The van der Waals surface area contributed by atoms with Gasteiger partial charge >= 0.3 is 11.9 Å². The summed E-state index contributed by atoms with van der Waals surface area (Å²) in [6.07, 6.45) is 4.23. The molecule has 1 saturated heterocycles. The number of rotatable bonds is 6. The number of Topliss-reactive ketones (excluding diaryl/α,β-unsaturated/α-hetero) is 1. The lowest BCUT2D eigenvalue weighted by molar-refractivity contribution is -0.154. The Kier molecular flexibility index (Phi) is 6.27. The van der Waals surface area contributed by atoms with E-state index in [1.54, 1.807) is 0 Å². The number of hydrogen-bond acceptors (Lipinski definition) is 5. The van der Waals surface area contributed by atoms with E-state index in [0.717, 1.165) is 25.3 Å². The van der Waals surface area contributed by atoms with Crippen molar-refractivity contribution in [2.75, 3.05) is 19.7 Å². The van der Waals surface area contributed by atoms with Gasteiger partial charge in [-0.1, -0.05) is 0 Å². The number of hydrogen-bond donors (Lipinski definition) is 1. The van der Waals surface area contributed by atoms with Crippen LogP contribution in [0.4, 0.5) is 0 Å². The average molecular weight is 311 g/mol. The summed E-state index contributed by atoms with van der Waals surface area (Å²) in [5.41, 5.74) is -1.15. The third-order valence-corrected chi connectivity index (χ3v) is 3.39. The highest BCUT2D eigenvalue weighted by Crippen LogP contribution is 2.20. The van der Waals surface area contributed by atoms with Crippen LogP contribution >= 0.6 is 0 Å². The molecule has 22 heavy (non-hydrogen) atoms. The van der Waals surface area contributed by atoms with Gasteiger partial charge in [-0.15, -0.1) is 0 Å². The molecule has 0 spiro atoms. The smallest absolute Gasteiger partial charge is 0.331 e. The number of aliphatic carboxylic acids is 1. The number of ether oxygens (including phenoxy) is 1. The van der Waals surface area contributed by atoms with E-state index in [4.69, 9.17) is 9.84 Å². The van der Waals surface area contributed by atoms with E-state index >= 15 is 0 Å². The van der Waals surface area contributed by atoms with Gasteiger partial charge < -0.3 is 14.7 Å².